The number of carbonyl (C=O) groups is 2. The smallest absolute Gasteiger partial charge is 0.317 e. The number of halogens is 1. The van der Waals surface area contributed by atoms with E-state index in [1.54, 1.807) is 6.07 Å². The van der Waals surface area contributed by atoms with Crippen molar-refractivity contribution in [3.63, 3.8) is 0 Å². The summed E-state index contributed by atoms with van der Waals surface area (Å²) in [5.74, 6) is -0.791. The van der Waals surface area contributed by atoms with Crippen LogP contribution in [0.4, 0.5) is 0 Å². The summed E-state index contributed by atoms with van der Waals surface area (Å²) >= 11 is 6.14. The number of esters is 1. The second kappa shape index (κ2) is 8.31. The van der Waals surface area contributed by atoms with Gasteiger partial charge in [-0.05, 0) is 56.2 Å². The Morgan fingerprint density at radius 2 is 1.78 bits per heavy atom. The number of amides is 1. The van der Waals surface area contributed by atoms with Crippen molar-refractivity contribution < 1.29 is 14.3 Å². The van der Waals surface area contributed by atoms with Crippen LogP contribution in [-0.2, 0) is 19.7 Å². The van der Waals surface area contributed by atoms with Crippen LogP contribution in [-0.4, -0.2) is 24.0 Å². The van der Waals surface area contributed by atoms with Gasteiger partial charge in [0.05, 0.1) is 11.5 Å². The summed E-state index contributed by atoms with van der Waals surface area (Å²) in [6.07, 6.45) is 7.48. The van der Waals surface area contributed by atoms with E-state index in [1.807, 2.05) is 18.2 Å². The van der Waals surface area contributed by atoms with Crippen molar-refractivity contribution in [1.29, 1.82) is 5.26 Å². The van der Waals surface area contributed by atoms with Gasteiger partial charge in [0, 0.05) is 5.02 Å². The van der Waals surface area contributed by atoms with Crippen LogP contribution in [0.3, 0.4) is 0 Å². The molecule has 0 bridgehead atoms. The molecule has 144 valence electrons. The summed E-state index contributed by atoms with van der Waals surface area (Å²) in [6.45, 7) is -0.357. The van der Waals surface area contributed by atoms with Crippen LogP contribution in [0.2, 0.25) is 5.02 Å². The number of hydrogen-bond donors (Lipinski definition) is 1. The molecule has 6 heteroatoms. The Balaban J connectivity index is 1.68. The zero-order valence-corrected chi connectivity index (χ0v) is 16.2. The minimum Gasteiger partial charge on any atom is -0.455 e. The summed E-state index contributed by atoms with van der Waals surface area (Å²) in [6, 6.07) is 9.55. The number of nitrogens with zero attached hydrogens (tertiary/aromatic N) is 1. The predicted octanol–water partition coefficient (Wildman–Crippen LogP) is 4.04. The number of rotatable bonds is 5. The Morgan fingerprint density at radius 3 is 2.41 bits per heavy atom. The number of ether oxygens (including phenoxy) is 1. The maximum absolute atomic E-state index is 13.0. The minimum atomic E-state index is -0.807. The molecule has 5 nitrogen and oxygen atoms in total. The van der Waals surface area contributed by atoms with Gasteiger partial charge in [0.1, 0.15) is 5.54 Å². The summed E-state index contributed by atoms with van der Waals surface area (Å²) in [4.78, 5) is 25.3. The molecule has 1 amide bonds. The lowest BCUT2D eigenvalue weighted by atomic mass is 9.69. The van der Waals surface area contributed by atoms with Crippen molar-refractivity contribution in [1.82, 2.24) is 5.32 Å². The average Bonchev–Trinajstić information content (AvgIpc) is 3.15. The Bertz CT molecular complexity index is 744. The molecule has 0 radical (unpaired) electrons. The Hall–Kier alpha value is -2.06. The molecule has 0 unspecified atom stereocenters. The minimum absolute atomic E-state index is 0.357. The molecule has 27 heavy (non-hydrogen) atoms. The molecular weight excluding hydrogens is 364 g/mol. The highest BCUT2D eigenvalue weighted by Gasteiger charge is 2.43. The fourth-order valence-corrected chi connectivity index (χ4v) is 4.56. The molecular formula is C21H25ClN2O3. The van der Waals surface area contributed by atoms with Gasteiger partial charge in [0.25, 0.3) is 5.91 Å². The largest absolute Gasteiger partial charge is 0.455 e. The predicted molar refractivity (Wildman–Crippen MR) is 102 cm³/mol. The van der Waals surface area contributed by atoms with Crippen molar-refractivity contribution in [2.75, 3.05) is 6.61 Å². The summed E-state index contributed by atoms with van der Waals surface area (Å²) in [5, 5.41) is 12.7. The molecule has 0 heterocycles. The fourth-order valence-electron chi connectivity index (χ4n) is 4.37. The lowest BCUT2D eigenvalue weighted by molar-refractivity contribution is -0.156. The third-order valence-electron chi connectivity index (χ3n) is 5.86. The lowest BCUT2D eigenvalue weighted by Crippen LogP contribution is -2.48. The first-order chi connectivity index (χ1) is 13.0. The van der Waals surface area contributed by atoms with E-state index < -0.39 is 16.9 Å². The maximum atomic E-state index is 13.0. The molecule has 0 spiro atoms. The molecule has 1 aromatic carbocycles. The van der Waals surface area contributed by atoms with Gasteiger partial charge < -0.3 is 10.1 Å². The van der Waals surface area contributed by atoms with Crippen LogP contribution in [0, 0.1) is 11.3 Å². The molecule has 2 aliphatic rings. The maximum Gasteiger partial charge on any atom is 0.317 e. The number of hydrogen-bond acceptors (Lipinski definition) is 4. The van der Waals surface area contributed by atoms with Gasteiger partial charge in [-0.3, -0.25) is 9.59 Å². The molecule has 2 saturated carbocycles. The van der Waals surface area contributed by atoms with Crippen molar-refractivity contribution >= 4 is 23.5 Å². The van der Waals surface area contributed by atoms with E-state index in [-0.39, 0.29) is 12.6 Å². The van der Waals surface area contributed by atoms with Gasteiger partial charge in [-0.2, -0.15) is 5.26 Å². The highest BCUT2D eigenvalue weighted by Crippen LogP contribution is 2.41. The van der Waals surface area contributed by atoms with Crippen LogP contribution in [0.25, 0.3) is 0 Å². The summed E-state index contributed by atoms with van der Waals surface area (Å²) in [7, 11) is 0. The second-order valence-electron chi connectivity index (χ2n) is 7.68. The standard InChI is InChI=1S/C21H25ClN2O3/c22-17-8-6-7-16(13-17)21(11-2-1-3-12-21)19(26)27-14-18(25)24-20(15-23)9-4-5-10-20/h6-8,13H,1-5,9-12,14H2,(H,24,25). The molecule has 0 aliphatic heterocycles. The lowest BCUT2D eigenvalue weighted by Gasteiger charge is -2.35. The van der Waals surface area contributed by atoms with E-state index in [4.69, 9.17) is 16.3 Å². The molecule has 2 fully saturated rings. The molecule has 0 atom stereocenters. The molecule has 3 rings (SSSR count). The number of nitrogens with one attached hydrogen (secondary N) is 1. The topological polar surface area (TPSA) is 79.2 Å². The number of benzene rings is 1. The first-order valence-corrected chi connectivity index (χ1v) is 10.0. The molecule has 0 saturated heterocycles. The highest BCUT2D eigenvalue weighted by molar-refractivity contribution is 6.30. The van der Waals surface area contributed by atoms with Gasteiger partial charge in [-0.25, -0.2) is 0 Å². The molecule has 0 aromatic heterocycles. The quantitative estimate of drug-likeness (QED) is 0.772. The summed E-state index contributed by atoms with van der Waals surface area (Å²) in [5.41, 5.74) is -0.702. The van der Waals surface area contributed by atoms with Gasteiger partial charge in [0.2, 0.25) is 0 Å². The number of nitriles is 1. The van der Waals surface area contributed by atoms with Gasteiger partial charge in [0.15, 0.2) is 6.61 Å². The van der Waals surface area contributed by atoms with E-state index in [1.165, 1.54) is 0 Å². The SMILES string of the molecule is N#CC1(NC(=O)COC(=O)C2(c3cccc(Cl)c3)CCCCC2)CCCC1. The van der Waals surface area contributed by atoms with Crippen LogP contribution >= 0.6 is 11.6 Å². The van der Waals surface area contributed by atoms with Crippen LogP contribution in [0.1, 0.15) is 63.4 Å². The number of carbonyl (C=O) groups excluding carboxylic acids is 2. The van der Waals surface area contributed by atoms with Gasteiger partial charge in [-0.15, -0.1) is 0 Å². The van der Waals surface area contributed by atoms with Crippen LogP contribution < -0.4 is 5.32 Å². The van der Waals surface area contributed by atoms with Crippen LogP contribution in [0.5, 0.6) is 0 Å². The van der Waals surface area contributed by atoms with Crippen LogP contribution in [0.15, 0.2) is 24.3 Å². The first-order valence-electron chi connectivity index (χ1n) is 9.65. The van der Waals surface area contributed by atoms with Crippen molar-refractivity contribution in [2.45, 2.75) is 68.7 Å². The van der Waals surface area contributed by atoms with E-state index >= 15 is 0 Å². The fraction of sp³-hybridized carbons (Fsp3) is 0.571. The Morgan fingerprint density at radius 1 is 1.11 bits per heavy atom. The van der Waals surface area contributed by atoms with E-state index in [0.29, 0.717) is 30.7 Å². The second-order valence-corrected chi connectivity index (χ2v) is 8.11. The van der Waals surface area contributed by atoms with E-state index in [9.17, 15) is 14.9 Å². The third kappa shape index (κ3) is 4.27. The zero-order chi connectivity index (χ0) is 19.3. The van der Waals surface area contributed by atoms with Crippen molar-refractivity contribution in [3.05, 3.63) is 34.9 Å². The highest BCUT2D eigenvalue weighted by atomic mass is 35.5. The van der Waals surface area contributed by atoms with E-state index in [0.717, 1.165) is 37.7 Å². The van der Waals surface area contributed by atoms with Gasteiger partial charge in [-0.1, -0.05) is 43.0 Å². The Labute approximate surface area is 165 Å². The average molecular weight is 389 g/mol. The van der Waals surface area contributed by atoms with Crippen molar-refractivity contribution in [3.8, 4) is 6.07 Å². The third-order valence-corrected chi connectivity index (χ3v) is 6.09. The summed E-state index contributed by atoms with van der Waals surface area (Å²) < 4.78 is 5.44. The van der Waals surface area contributed by atoms with Gasteiger partial charge >= 0.3 is 5.97 Å². The van der Waals surface area contributed by atoms with E-state index in [2.05, 4.69) is 11.4 Å². The van der Waals surface area contributed by atoms with Crippen molar-refractivity contribution in [2.24, 2.45) is 0 Å². The first kappa shape index (κ1) is 19.7. The zero-order valence-electron chi connectivity index (χ0n) is 15.4. The molecule has 2 aliphatic carbocycles. The monoisotopic (exact) mass is 388 g/mol. The molecule has 1 aromatic rings. The molecule has 1 N–H and O–H groups in total. The Kier molecular flexibility index (Phi) is 6.06. The normalized spacial score (nSPS) is 20.4.